The van der Waals surface area contributed by atoms with Crippen molar-refractivity contribution in [3.05, 3.63) is 47.8 Å². The highest BCUT2D eigenvalue weighted by Crippen LogP contribution is 2.36. The van der Waals surface area contributed by atoms with Crippen LogP contribution in [0.2, 0.25) is 0 Å². The molecule has 0 aliphatic heterocycles. The van der Waals surface area contributed by atoms with E-state index in [2.05, 4.69) is 34.3 Å². The molecule has 1 aromatic heterocycles. The minimum Gasteiger partial charge on any atom is -0.331 e. The molecule has 2 aliphatic carbocycles. The summed E-state index contributed by atoms with van der Waals surface area (Å²) in [5.41, 5.74) is 1.65. The predicted molar refractivity (Wildman–Crippen MR) is 101 cm³/mol. The zero-order chi connectivity index (χ0) is 17.9. The van der Waals surface area contributed by atoms with Crippen LogP contribution in [0.3, 0.4) is 0 Å². The Labute approximate surface area is 155 Å². The molecule has 4 rings (SSSR count). The fourth-order valence-corrected chi connectivity index (χ4v) is 4.19. The lowest BCUT2D eigenvalue weighted by Crippen LogP contribution is -2.44. The largest absolute Gasteiger partial charge is 0.331 e. The maximum atomic E-state index is 13.2. The fourth-order valence-electron chi connectivity index (χ4n) is 4.19. The van der Waals surface area contributed by atoms with Crippen molar-refractivity contribution in [1.82, 2.24) is 19.9 Å². The van der Waals surface area contributed by atoms with Crippen LogP contribution in [0.1, 0.15) is 67.9 Å². The third-order valence-electron chi connectivity index (χ3n) is 5.91. The van der Waals surface area contributed by atoms with Gasteiger partial charge in [0.05, 0.1) is 12.7 Å². The molecule has 2 aromatic rings. The Bertz CT molecular complexity index is 729. The SMILES string of the molecule is CCC1CCC(N(C(=O)c2cn(Cc3ccccc3)nn2)C2CC2)CC1. The Morgan fingerprint density at radius 1 is 1.08 bits per heavy atom. The topological polar surface area (TPSA) is 51.0 Å². The van der Waals surface area contributed by atoms with Crippen LogP contribution < -0.4 is 0 Å². The van der Waals surface area contributed by atoms with Crippen LogP contribution >= 0.6 is 0 Å². The third kappa shape index (κ3) is 3.81. The van der Waals surface area contributed by atoms with Gasteiger partial charge in [-0.1, -0.05) is 48.9 Å². The highest BCUT2D eigenvalue weighted by atomic mass is 16.2. The standard InChI is InChI=1S/C21H28N4O/c1-2-16-8-10-18(11-9-16)25(19-12-13-19)21(26)20-15-24(23-22-20)14-17-6-4-3-5-7-17/h3-7,15-16,18-19H,2,8-14H2,1H3. The van der Waals surface area contributed by atoms with Crippen molar-refractivity contribution in [3.63, 3.8) is 0 Å². The molecule has 1 heterocycles. The average Bonchev–Trinajstić information content (AvgIpc) is 3.41. The summed E-state index contributed by atoms with van der Waals surface area (Å²) in [6.07, 6.45) is 10.1. The molecule has 2 aliphatic rings. The van der Waals surface area contributed by atoms with Crippen molar-refractivity contribution in [2.24, 2.45) is 5.92 Å². The second-order valence-electron chi connectivity index (χ2n) is 7.81. The molecule has 1 aromatic carbocycles. The van der Waals surface area contributed by atoms with Gasteiger partial charge < -0.3 is 4.90 Å². The first-order valence-corrected chi connectivity index (χ1v) is 10.0. The maximum absolute atomic E-state index is 13.2. The van der Waals surface area contributed by atoms with Crippen molar-refractivity contribution >= 4 is 5.91 Å². The summed E-state index contributed by atoms with van der Waals surface area (Å²) >= 11 is 0. The number of amides is 1. The van der Waals surface area contributed by atoms with Crippen molar-refractivity contribution in [2.45, 2.75) is 70.5 Å². The van der Waals surface area contributed by atoms with Crippen LogP contribution in [0.4, 0.5) is 0 Å². The van der Waals surface area contributed by atoms with Gasteiger partial charge in [0.25, 0.3) is 5.91 Å². The smallest absolute Gasteiger partial charge is 0.276 e. The first-order valence-electron chi connectivity index (χ1n) is 10.0. The summed E-state index contributed by atoms with van der Waals surface area (Å²) in [6.45, 7) is 2.92. The third-order valence-corrected chi connectivity index (χ3v) is 5.91. The van der Waals surface area contributed by atoms with E-state index in [1.165, 1.54) is 19.3 Å². The number of carbonyl (C=O) groups is 1. The molecule has 2 saturated carbocycles. The maximum Gasteiger partial charge on any atom is 0.276 e. The van der Waals surface area contributed by atoms with E-state index in [-0.39, 0.29) is 5.91 Å². The van der Waals surface area contributed by atoms with Crippen LogP contribution in [-0.4, -0.2) is 37.9 Å². The van der Waals surface area contributed by atoms with Gasteiger partial charge in [0.2, 0.25) is 0 Å². The highest BCUT2D eigenvalue weighted by molar-refractivity contribution is 5.92. The van der Waals surface area contributed by atoms with Crippen molar-refractivity contribution in [2.75, 3.05) is 0 Å². The summed E-state index contributed by atoms with van der Waals surface area (Å²) in [5.74, 6) is 0.918. The molecule has 0 bridgehead atoms. The van der Waals surface area contributed by atoms with Gasteiger partial charge in [-0.3, -0.25) is 4.79 Å². The van der Waals surface area contributed by atoms with Crippen LogP contribution in [-0.2, 0) is 6.54 Å². The van der Waals surface area contributed by atoms with Gasteiger partial charge in [-0.25, -0.2) is 4.68 Å². The van der Waals surface area contributed by atoms with E-state index < -0.39 is 0 Å². The number of rotatable bonds is 6. The zero-order valence-corrected chi connectivity index (χ0v) is 15.6. The summed E-state index contributed by atoms with van der Waals surface area (Å²) in [5, 5.41) is 8.38. The summed E-state index contributed by atoms with van der Waals surface area (Å²) in [4.78, 5) is 15.3. The molecule has 138 valence electrons. The quantitative estimate of drug-likeness (QED) is 0.792. The van der Waals surface area contributed by atoms with Gasteiger partial charge in [0.15, 0.2) is 5.69 Å². The van der Waals surface area contributed by atoms with Crippen LogP contribution in [0, 0.1) is 5.92 Å². The molecule has 26 heavy (non-hydrogen) atoms. The van der Waals surface area contributed by atoms with E-state index in [0.717, 1.165) is 37.2 Å². The van der Waals surface area contributed by atoms with E-state index in [9.17, 15) is 4.79 Å². The van der Waals surface area contributed by atoms with Crippen LogP contribution in [0.15, 0.2) is 36.5 Å². The number of hydrogen-bond donors (Lipinski definition) is 0. The van der Waals surface area contributed by atoms with E-state index in [1.54, 1.807) is 4.68 Å². The second kappa shape index (κ2) is 7.60. The monoisotopic (exact) mass is 352 g/mol. The first-order chi connectivity index (χ1) is 12.7. The lowest BCUT2D eigenvalue weighted by Gasteiger charge is -2.36. The van der Waals surface area contributed by atoms with Crippen molar-refractivity contribution in [1.29, 1.82) is 0 Å². The number of hydrogen-bond acceptors (Lipinski definition) is 3. The number of aromatic nitrogens is 3. The molecule has 2 fully saturated rings. The molecule has 5 nitrogen and oxygen atoms in total. The minimum absolute atomic E-state index is 0.0757. The Kier molecular flexibility index (Phi) is 5.05. The summed E-state index contributed by atoms with van der Waals surface area (Å²) in [6, 6.07) is 11.0. The molecule has 0 N–H and O–H groups in total. The van der Waals surface area contributed by atoms with Gasteiger partial charge in [-0.15, -0.1) is 5.10 Å². The molecule has 0 radical (unpaired) electrons. The average molecular weight is 352 g/mol. The number of benzene rings is 1. The normalized spacial score (nSPS) is 23.0. The van der Waals surface area contributed by atoms with Gasteiger partial charge >= 0.3 is 0 Å². The zero-order valence-electron chi connectivity index (χ0n) is 15.6. The number of carbonyl (C=O) groups excluding carboxylic acids is 1. The summed E-state index contributed by atoms with van der Waals surface area (Å²) < 4.78 is 1.77. The van der Waals surface area contributed by atoms with Crippen LogP contribution in [0.25, 0.3) is 0 Å². The van der Waals surface area contributed by atoms with E-state index in [0.29, 0.717) is 24.3 Å². The van der Waals surface area contributed by atoms with Crippen LogP contribution in [0.5, 0.6) is 0 Å². The molecule has 1 amide bonds. The molecular weight excluding hydrogens is 324 g/mol. The fraction of sp³-hybridized carbons (Fsp3) is 0.571. The Hall–Kier alpha value is -2.17. The minimum atomic E-state index is 0.0757. The molecule has 0 atom stereocenters. The Balaban J connectivity index is 1.45. The highest BCUT2D eigenvalue weighted by Gasteiger charge is 2.39. The molecule has 0 spiro atoms. The molecular formula is C21H28N4O. The molecule has 0 saturated heterocycles. The Morgan fingerprint density at radius 2 is 1.73 bits per heavy atom. The first kappa shape index (κ1) is 17.3. The van der Waals surface area contributed by atoms with Gasteiger partial charge in [-0.2, -0.15) is 0 Å². The van der Waals surface area contributed by atoms with Gasteiger partial charge in [0, 0.05) is 12.1 Å². The van der Waals surface area contributed by atoms with Crippen molar-refractivity contribution < 1.29 is 4.79 Å². The van der Waals surface area contributed by atoms with E-state index in [4.69, 9.17) is 0 Å². The molecule has 0 unspecified atom stereocenters. The van der Waals surface area contributed by atoms with Gasteiger partial charge in [-0.05, 0) is 50.0 Å². The lowest BCUT2D eigenvalue weighted by molar-refractivity contribution is 0.0581. The van der Waals surface area contributed by atoms with Crippen molar-refractivity contribution in [3.8, 4) is 0 Å². The Morgan fingerprint density at radius 3 is 2.35 bits per heavy atom. The number of nitrogens with zero attached hydrogens (tertiary/aromatic N) is 4. The second-order valence-corrected chi connectivity index (χ2v) is 7.81. The lowest BCUT2D eigenvalue weighted by atomic mass is 9.83. The molecule has 5 heteroatoms. The van der Waals surface area contributed by atoms with Gasteiger partial charge in [0.1, 0.15) is 0 Å². The summed E-state index contributed by atoms with van der Waals surface area (Å²) in [7, 11) is 0. The van der Waals surface area contributed by atoms with E-state index >= 15 is 0 Å². The predicted octanol–water partition coefficient (Wildman–Crippen LogP) is 3.90. The van der Waals surface area contributed by atoms with E-state index in [1.807, 2.05) is 24.4 Å².